The van der Waals surface area contributed by atoms with Crippen molar-refractivity contribution in [1.82, 2.24) is 15.2 Å². The van der Waals surface area contributed by atoms with Gasteiger partial charge in [-0.3, -0.25) is 9.78 Å². The Morgan fingerprint density at radius 3 is 2.41 bits per heavy atom. The minimum Gasteiger partial charge on any atom is -0.366 e. The predicted octanol–water partition coefficient (Wildman–Crippen LogP) is 7.57. The molecule has 1 aromatic heterocycles. The van der Waals surface area contributed by atoms with E-state index in [1.807, 2.05) is 0 Å². The third-order valence-electron chi connectivity index (χ3n) is 9.55. The average molecular weight is 573 g/mol. The summed E-state index contributed by atoms with van der Waals surface area (Å²) in [7, 11) is 0. The van der Waals surface area contributed by atoms with Gasteiger partial charge in [-0.15, -0.1) is 0 Å². The summed E-state index contributed by atoms with van der Waals surface area (Å²) >= 11 is 12.3. The van der Waals surface area contributed by atoms with Crippen molar-refractivity contribution < 1.29 is 9.53 Å². The van der Waals surface area contributed by atoms with E-state index < -0.39 is 0 Å². The Labute approximate surface area is 244 Å². The molecule has 3 heterocycles. The van der Waals surface area contributed by atoms with Gasteiger partial charge in [0.1, 0.15) is 0 Å². The molecule has 2 aliphatic heterocycles. The van der Waals surface area contributed by atoms with Crippen molar-refractivity contribution in [3.63, 3.8) is 0 Å². The van der Waals surface area contributed by atoms with Crippen LogP contribution >= 0.6 is 23.2 Å². The number of hydrogen-bond donors (Lipinski definition) is 1. The molecule has 1 amide bonds. The number of amides is 1. The first-order valence-electron chi connectivity index (χ1n) is 14.9. The molecule has 1 aliphatic carbocycles. The van der Waals surface area contributed by atoms with E-state index in [-0.39, 0.29) is 21.6 Å². The molecular weight excluding hydrogens is 529 g/mol. The van der Waals surface area contributed by atoms with Gasteiger partial charge in [0.25, 0.3) is 5.91 Å². The third-order valence-corrected chi connectivity index (χ3v) is 10.1. The number of fused-ring (bicyclic) bond motifs is 1. The van der Waals surface area contributed by atoms with Crippen molar-refractivity contribution in [2.45, 2.75) is 95.8 Å². The average Bonchev–Trinajstić information content (AvgIpc) is 3.27. The maximum Gasteiger partial charge on any atom is 0.254 e. The van der Waals surface area contributed by atoms with Crippen molar-refractivity contribution in [1.29, 1.82) is 0 Å². The number of ether oxygens (including phenoxy) is 1. The standard InChI is InChI=1S/C32H43Cl2N3O2/c1-22-9-11-25(12-10-22)32(19-24-7-5-3-4-6-8-29(24)39-32)26-14-17-37(18-15-26)23(2)13-16-36-31(38)30-27(33)20-35-21-28(30)34/h9-12,20-21,23-24,26,29H,3-8,13-19H2,1-2H3,(H,36,38). The van der Waals surface area contributed by atoms with Crippen molar-refractivity contribution in [2.24, 2.45) is 11.8 Å². The molecule has 0 radical (unpaired) electrons. The van der Waals surface area contributed by atoms with E-state index in [0.717, 1.165) is 32.4 Å². The Bertz CT molecular complexity index is 1080. The van der Waals surface area contributed by atoms with Gasteiger partial charge in [0.2, 0.25) is 0 Å². The van der Waals surface area contributed by atoms with Gasteiger partial charge in [0.05, 0.1) is 27.3 Å². The minimum atomic E-state index is -0.246. The van der Waals surface area contributed by atoms with E-state index in [1.54, 1.807) is 0 Å². The third kappa shape index (κ3) is 6.48. The largest absolute Gasteiger partial charge is 0.366 e. The molecule has 1 aromatic carbocycles. The molecule has 4 unspecified atom stereocenters. The Kier molecular flexibility index (Phi) is 9.54. The lowest BCUT2D eigenvalue weighted by Crippen LogP contribution is -2.47. The predicted molar refractivity (Wildman–Crippen MR) is 159 cm³/mol. The lowest BCUT2D eigenvalue weighted by Gasteiger charge is -2.44. The SMILES string of the molecule is Cc1ccc(C2(C3CCN(C(C)CCNC(=O)c4c(Cl)cncc4Cl)CC3)CC3CCCCCCC3O2)cc1. The van der Waals surface area contributed by atoms with Gasteiger partial charge >= 0.3 is 0 Å². The Hall–Kier alpha value is -1.66. The van der Waals surface area contributed by atoms with Crippen molar-refractivity contribution in [3.8, 4) is 0 Å². The van der Waals surface area contributed by atoms with E-state index >= 15 is 0 Å². The highest BCUT2D eigenvalue weighted by Crippen LogP contribution is 2.53. The molecule has 5 rings (SSSR count). The molecule has 7 heteroatoms. The summed E-state index contributed by atoms with van der Waals surface area (Å²) in [5, 5.41) is 3.54. The number of likely N-dealkylation sites (tertiary alicyclic amines) is 1. The first kappa shape index (κ1) is 28.9. The maximum absolute atomic E-state index is 12.6. The van der Waals surface area contributed by atoms with E-state index in [2.05, 4.69) is 53.3 Å². The first-order valence-corrected chi connectivity index (χ1v) is 15.7. The number of carbonyl (C=O) groups is 1. The van der Waals surface area contributed by atoms with Gasteiger partial charge in [0, 0.05) is 25.0 Å². The molecule has 0 spiro atoms. The molecule has 3 fully saturated rings. The summed E-state index contributed by atoms with van der Waals surface area (Å²) in [6, 6.07) is 9.59. The number of carbonyl (C=O) groups excluding carboxylic acids is 1. The topological polar surface area (TPSA) is 54.5 Å². The number of aromatic nitrogens is 1. The quantitative estimate of drug-likeness (QED) is 0.372. The van der Waals surface area contributed by atoms with Gasteiger partial charge in [-0.1, -0.05) is 78.7 Å². The van der Waals surface area contributed by atoms with Gasteiger partial charge in [-0.2, -0.15) is 0 Å². The second-order valence-electron chi connectivity index (χ2n) is 12.0. The zero-order valence-corrected chi connectivity index (χ0v) is 24.9. The first-order chi connectivity index (χ1) is 18.9. The number of nitrogens with zero attached hydrogens (tertiary/aromatic N) is 2. The smallest absolute Gasteiger partial charge is 0.254 e. The number of halogens is 2. The molecular formula is C32H43Cl2N3O2. The molecule has 2 aromatic rings. The highest BCUT2D eigenvalue weighted by atomic mass is 35.5. The number of aryl methyl sites for hydroxylation is 1. The molecule has 5 nitrogen and oxygen atoms in total. The second-order valence-corrected chi connectivity index (χ2v) is 12.9. The van der Waals surface area contributed by atoms with Gasteiger partial charge < -0.3 is 15.0 Å². The lowest BCUT2D eigenvalue weighted by atomic mass is 9.71. The lowest BCUT2D eigenvalue weighted by molar-refractivity contribution is -0.106. The van der Waals surface area contributed by atoms with Crippen LogP contribution in [0.4, 0.5) is 0 Å². The van der Waals surface area contributed by atoms with E-state index in [9.17, 15) is 4.79 Å². The van der Waals surface area contributed by atoms with E-state index in [4.69, 9.17) is 27.9 Å². The van der Waals surface area contributed by atoms with Crippen LogP contribution in [0.5, 0.6) is 0 Å². The fourth-order valence-corrected chi connectivity index (χ4v) is 7.78. The van der Waals surface area contributed by atoms with Crippen LogP contribution in [0.2, 0.25) is 10.0 Å². The highest BCUT2D eigenvalue weighted by molar-refractivity contribution is 6.39. The molecule has 212 valence electrons. The number of hydrogen-bond acceptors (Lipinski definition) is 4. The molecule has 2 saturated heterocycles. The van der Waals surface area contributed by atoms with Crippen molar-refractivity contribution >= 4 is 29.1 Å². The fraction of sp³-hybridized carbons (Fsp3) is 0.625. The van der Waals surface area contributed by atoms with Gasteiger partial charge in [0.15, 0.2) is 0 Å². The van der Waals surface area contributed by atoms with Gasteiger partial charge in [-0.05, 0) is 82.9 Å². The molecule has 1 N–H and O–H groups in total. The Balaban J connectivity index is 1.20. The number of pyridine rings is 1. The van der Waals surface area contributed by atoms with Crippen LogP contribution in [-0.2, 0) is 10.3 Å². The van der Waals surface area contributed by atoms with Crippen molar-refractivity contribution in [3.05, 3.63) is 63.4 Å². The van der Waals surface area contributed by atoms with E-state index in [0.29, 0.717) is 36.1 Å². The van der Waals surface area contributed by atoms with E-state index in [1.165, 1.54) is 68.5 Å². The van der Waals surface area contributed by atoms with Crippen LogP contribution < -0.4 is 5.32 Å². The molecule has 3 aliphatic rings. The summed E-state index contributed by atoms with van der Waals surface area (Å²) in [5.41, 5.74) is 2.84. The molecule has 1 saturated carbocycles. The summed E-state index contributed by atoms with van der Waals surface area (Å²) < 4.78 is 7.21. The van der Waals surface area contributed by atoms with Crippen LogP contribution in [0.25, 0.3) is 0 Å². The second kappa shape index (κ2) is 12.9. The van der Waals surface area contributed by atoms with Crippen LogP contribution in [0, 0.1) is 18.8 Å². The van der Waals surface area contributed by atoms with Crippen LogP contribution in [0.3, 0.4) is 0 Å². The molecule has 0 bridgehead atoms. The molecule has 4 atom stereocenters. The van der Waals surface area contributed by atoms with Crippen molar-refractivity contribution in [2.75, 3.05) is 19.6 Å². The number of benzene rings is 1. The van der Waals surface area contributed by atoms with Crippen LogP contribution in [0.15, 0.2) is 36.7 Å². The normalized spacial score (nSPS) is 27.4. The Morgan fingerprint density at radius 1 is 1.05 bits per heavy atom. The number of nitrogens with one attached hydrogen (secondary N) is 1. The zero-order valence-electron chi connectivity index (χ0n) is 23.4. The zero-order chi connectivity index (χ0) is 27.4. The van der Waals surface area contributed by atoms with Gasteiger partial charge in [-0.25, -0.2) is 0 Å². The summed E-state index contributed by atoms with van der Waals surface area (Å²) in [5.74, 6) is 0.979. The van der Waals surface area contributed by atoms with Crippen LogP contribution in [-0.4, -0.2) is 47.6 Å². The highest BCUT2D eigenvalue weighted by Gasteiger charge is 2.52. The fourth-order valence-electron chi connectivity index (χ4n) is 7.24. The van der Waals surface area contributed by atoms with Crippen LogP contribution in [0.1, 0.15) is 92.6 Å². The monoisotopic (exact) mass is 571 g/mol. The summed E-state index contributed by atoms with van der Waals surface area (Å²) in [4.78, 5) is 19.1. The minimum absolute atomic E-state index is 0.153. The maximum atomic E-state index is 12.6. The Morgan fingerprint density at radius 2 is 1.72 bits per heavy atom. The number of rotatable bonds is 7. The summed E-state index contributed by atoms with van der Waals surface area (Å²) in [6.07, 6.45) is 15.6. The summed E-state index contributed by atoms with van der Waals surface area (Å²) in [6.45, 7) is 7.14. The molecule has 39 heavy (non-hydrogen) atoms. The number of piperidine rings is 1.